The van der Waals surface area contributed by atoms with Gasteiger partial charge < -0.3 is 0 Å². The molecule has 0 fully saturated rings. The Balaban J connectivity index is 2.49. The first-order valence-corrected chi connectivity index (χ1v) is 7.98. The van der Waals surface area contributed by atoms with Crippen molar-refractivity contribution in [3.63, 3.8) is 0 Å². The highest BCUT2D eigenvalue weighted by atomic mass is 79.9. The van der Waals surface area contributed by atoms with Gasteiger partial charge in [0.15, 0.2) is 0 Å². The fraction of sp³-hybridized carbons (Fsp3) is 0.0769. The summed E-state index contributed by atoms with van der Waals surface area (Å²) >= 11 is 24.6. The minimum atomic E-state index is -0.400. The summed E-state index contributed by atoms with van der Waals surface area (Å²) < 4.78 is 14.5. The van der Waals surface area contributed by atoms with E-state index in [4.69, 9.17) is 34.8 Å². The first kappa shape index (κ1) is 15.6. The summed E-state index contributed by atoms with van der Waals surface area (Å²) in [4.78, 5) is -0.400. The molecule has 0 radical (unpaired) electrons. The van der Waals surface area contributed by atoms with Crippen LogP contribution in [-0.4, -0.2) is 0 Å². The van der Waals surface area contributed by atoms with Crippen LogP contribution in [0.15, 0.2) is 34.8 Å². The molecule has 2 rings (SSSR count). The molecule has 2 aromatic rings. The van der Waals surface area contributed by atoms with Gasteiger partial charge in [0.2, 0.25) is 0 Å². The third-order valence-electron chi connectivity index (χ3n) is 2.55. The third kappa shape index (κ3) is 3.45. The van der Waals surface area contributed by atoms with E-state index in [0.717, 1.165) is 5.56 Å². The lowest BCUT2D eigenvalue weighted by atomic mass is 10.0. The van der Waals surface area contributed by atoms with Crippen LogP contribution in [0.5, 0.6) is 0 Å². The van der Waals surface area contributed by atoms with Crippen LogP contribution in [0, 0.1) is 5.82 Å². The van der Waals surface area contributed by atoms with Gasteiger partial charge in [-0.2, -0.15) is 0 Å². The molecule has 0 aliphatic heterocycles. The standard InChI is InChI=1S/C13H6Br2Cl3F/c14-9-5-12(19)8(4-11(9)18)13(15)7-2-1-6(16)3-10(7)17/h1-5,13H. The van der Waals surface area contributed by atoms with E-state index >= 15 is 0 Å². The van der Waals surface area contributed by atoms with E-state index in [-0.39, 0.29) is 5.82 Å². The topological polar surface area (TPSA) is 0 Å². The van der Waals surface area contributed by atoms with Crippen molar-refractivity contribution in [1.82, 2.24) is 0 Å². The van der Waals surface area contributed by atoms with Crippen LogP contribution < -0.4 is 0 Å². The molecule has 0 bridgehead atoms. The molecule has 0 nitrogen and oxygen atoms in total. The van der Waals surface area contributed by atoms with Crippen molar-refractivity contribution >= 4 is 66.7 Å². The normalized spacial score (nSPS) is 12.5. The summed E-state index contributed by atoms with van der Waals surface area (Å²) in [6.07, 6.45) is 0. The largest absolute Gasteiger partial charge is 0.207 e. The van der Waals surface area contributed by atoms with Crippen LogP contribution in [0.1, 0.15) is 16.0 Å². The quantitative estimate of drug-likeness (QED) is 0.342. The molecule has 6 heteroatoms. The Bertz CT molecular complexity index is 632. The Morgan fingerprint density at radius 2 is 1.63 bits per heavy atom. The first-order valence-electron chi connectivity index (χ1n) is 5.13. The Morgan fingerprint density at radius 3 is 2.26 bits per heavy atom. The van der Waals surface area contributed by atoms with Gasteiger partial charge in [0.1, 0.15) is 5.82 Å². The lowest BCUT2D eigenvalue weighted by Gasteiger charge is -2.14. The van der Waals surface area contributed by atoms with Crippen LogP contribution >= 0.6 is 66.7 Å². The summed E-state index contributed by atoms with van der Waals surface area (Å²) in [5.74, 6) is -0.371. The predicted octanol–water partition coefficient (Wildman–Crippen LogP) is 7.03. The Hall–Kier alpha value is 0.200. The minimum absolute atomic E-state index is 0.371. The average molecular weight is 447 g/mol. The molecule has 0 spiro atoms. The van der Waals surface area contributed by atoms with Gasteiger partial charge in [-0.15, -0.1) is 0 Å². The van der Waals surface area contributed by atoms with Crippen molar-refractivity contribution in [3.8, 4) is 0 Å². The highest BCUT2D eigenvalue weighted by Crippen LogP contribution is 2.39. The number of alkyl halides is 1. The molecule has 0 N–H and O–H groups in total. The molecule has 0 amide bonds. The smallest absolute Gasteiger partial charge is 0.129 e. The fourth-order valence-electron chi connectivity index (χ4n) is 1.61. The van der Waals surface area contributed by atoms with Crippen molar-refractivity contribution < 1.29 is 4.39 Å². The molecule has 0 aliphatic rings. The second-order valence-corrected chi connectivity index (χ2v) is 6.84. The maximum Gasteiger partial charge on any atom is 0.129 e. The SMILES string of the molecule is Fc1cc(Br)c(Cl)cc1C(Br)c1ccc(Cl)cc1Cl. The maximum atomic E-state index is 14.0. The van der Waals surface area contributed by atoms with Gasteiger partial charge in [0, 0.05) is 20.1 Å². The van der Waals surface area contributed by atoms with E-state index in [0.29, 0.717) is 25.1 Å². The van der Waals surface area contributed by atoms with Crippen molar-refractivity contribution in [2.45, 2.75) is 4.83 Å². The van der Waals surface area contributed by atoms with E-state index in [1.165, 1.54) is 6.07 Å². The Morgan fingerprint density at radius 1 is 0.947 bits per heavy atom. The van der Waals surface area contributed by atoms with E-state index in [2.05, 4.69) is 31.9 Å². The lowest BCUT2D eigenvalue weighted by molar-refractivity contribution is 0.612. The van der Waals surface area contributed by atoms with Gasteiger partial charge >= 0.3 is 0 Å². The summed E-state index contributed by atoms with van der Waals surface area (Å²) in [6.45, 7) is 0. The highest BCUT2D eigenvalue weighted by Gasteiger charge is 2.19. The fourth-order valence-corrected chi connectivity index (χ4v) is 3.49. The van der Waals surface area contributed by atoms with E-state index in [1.807, 2.05) is 0 Å². The Labute approximate surface area is 142 Å². The molecule has 0 saturated heterocycles. The molecule has 0 heterocycles. The minimum Gasteiger partial charge on any atom is -0.207 e. The van der Waals surface area contributed by atoms with Crippen LogP contribution in [-0.2, 0) is 0 Å². The third-order valence-corrected chi connectivity index (χ3v) is 5.29. The van der Waals surface area contributed by atoms with Crippen molar-refractivity contribution in [3.05, 3.63) is 66.8 Å². The van der Waals surface area contributed by atoms with Crippen LogP contribution in [0.3, 0.4) is 0 Å². The molecule has 19 heavy (non-hydrogen) atoms. The summed E-state index contributed by atoms with van der Waals surface area (Å²) in [5.41, 5.74) is 1.14. The number of halogens is 6. The maximum absolute atomic E-state index is 14.0. The molecular formula is C13H6Br2Cl3F. The van der Waals surface area contributed by atoms with Gasteiger partial charge in [-0.1, -0.05) is 56.8 Å². The molecule has 1 atom stereocenters. The highest BCUT2D eigenvalue weighted by molar-refractivity contribution is 9.10. The van der Waals surface area contributed by atoms with Gasteiger partial charge in [0.05, 0.1) is 9.85 Å². The van der Waals surface area contributed by atoms with E-state index in [1.54, 1.807) is 24.3 Å². The number of benzene rings is 2. The number of hydrogen-bond acceptors (Lipinski definition) is 0. The number of hydrogen-bond donors (Lipinski definition) is 0. The zero-order chi connectivity index (χ0) is 14.2. The molecule has 0 saturated carbocycles. The Kier molecular flexibility index (Phi) is 5.18. The van der Waals surface area contributed by atoms with Gasteiger partial charge in [-0.3, -0.25) is 0 Å². The monoisotopic (exact) mass is 444 g/mol. The van der Waals surface area contributed by atoms with Crippen molar-refractivity contribution in [2.75, 3.05) is 0 Å². The molecule has 1 unspecified atom stereocenters. The molecule has 100 valence electrons. The second-order valence-electron chi connectivity index (χ2n) is 3.82. The van der Waals surface area contributed by atoms with E-state index < -0.39 is 4.83 Å². The predicted molar refractivity (Wildman–Crippen MR) is 86.3 cm³/mol. The lowest BCUT2D eigenvalue weighted by Crippen LogP contribution is -1.98. The second kappa shape index (κ2) is 6.31. The van der Waals surface area contributed by atoms with Gasteiger partial charge in [0.25, 0.3) is 0 Å². The summed E-state index contributed by atoms with van der Waals surface area (Å²) in [5, 5.41) is 1.43. The summed E-state index contributed by atoms with van der Waals surface area (Å²) in [6, 6.07) is 7.96. The first-order chi connectivity index (χ1) is 8.90. The van der Waals surface area contributed by atoms with E-state index in [9.17, 15) is 4.39 Å². The molecular weight excluding hydrogens is 441 g/mol. The molecule has 0 aromatic heterocycles. The van der Waals surface area contributed by atoms with Crippen molar-refractivity contribution in [2.24, 2.45) is 0 Å². The van der Waals surface area contributed by atoms with Crippen LogP contribution in [0.2, 0.25) is 15.1 Å². The van der Waals surface area contributed by atoms with Crippen LogP contribution in [0.4, 0.5) is 4.39 Å². The zero-order valence-electron chi connectivity index (χ0n) is 9.23. The number of rotatable bonds is 2. The van der Waals surface area contributed by atoms with Crippen molar-refractivity contribution in [1.29, 1.82) is 0 Å². The zero-order valence-corrected chi connectivity index (χ0v) is 14.7. The van der Waals surface area contributed by atoms with Crippen LogP contribution in [0.25, 0.3) is 0 Å². The van der Waals surface area contributed by atoms with Gasteiger partial charge in [-0.25, -0.2) is 4.39 Å². The van der Waals surface area contributed by atoms with Gasteiger partial charge in [-0.05, 0) is 45.8 Å². The average Bonchev–Trinajstić information content (AvgIpc) is 2.33. The summed E-state index contributed by atoms with van der Waals surface area (Å²) in [7, 11) is 0. The molecule has 0 aliphatic carbocycles. The molecule has 2 aromatic carbocycles.